The molecule has 8 heteroatoms. The molecule has 0 amide bonds. The van der Waals surface area contributed by atoms with Crippen molar-refractivity contribution in [2.75, 3.05) is 40.4 Å². The molecule has 2 unspecified atom stereocenters. The smallest absolute Gasteiger partial charge is 0.265 e. The van der Waals surface area contributed by atoms with Gasteiger partial charge in [0.15, 0.2) is 0 Å². The molecule has 0 aliphatic heterocycles. The number of phosphoric acid groups is 1. The maximum atomic E-state index is 10.3. The normalized spacial score (nSPS) is 14.0. The van der Waals surface area contributed by atoms with Gasteiger partial charge in [0.1, 0.15) is 25.0 Å². The SMILES string of the molecule is CCCCCCCCCCCCC[N+](C)(C)CC(O)COc1ccccc1.CCCCOP(=O)([O-])O. The summed E-state index contributed by atoms with van der Waals surface area (Å²) in [5.41, 5.74) is 0. The number of para-hydroxylation sites is 1. The lowest BCUT2D eigenvalue weighted by Crippen LogP contribution is -2.47. The highest BCUT2D eigenvalue weighted by molar-refractivity contribution is 7.44. The average Bonchev–Trinajstić information content (AvgIpc) is 2.81. The molecule has 2 N–H and O–H groups in total. The van der Waals surface area contributed by atoms with Gasteiger partial charge >= 0.3 is 0 Å². The molecule has 0 fully saturated rings. The van der Waals surface area contributed by atoms with Gasteiger partial charge in [-0.3, -0.25) is 4.57 Å². The summed E-state index contributed by atoms with van der Waals surface area (Å²) in [4.78, 5) is 17.9. The molecule has 0 aliphatic carbocycles. The number of nitrogens with zero attached hydrogens (tertiary/aromatic N) is 1. The molecule has 0 aromatic heterocycles. The van der Waals surface area contributed by atoms with Gasteiger partial charge < -0.3 is 28.6 Å². The zero-order valence-corrected chi connectivity index (χ0v) is 24.3. The van der Waals surface area contributed by atoms with Crippen molar-refractivity contribution in [1.29, 1.82) is 0 Å². The fourth-order valence-electron chi connectivity index (χ4n) is 3.95. The van der Waals surface area contributed by atoms with Gasteiger partial charge in [-0.2, -0.15) is 0 Å². The van der Waals surface area contributed by atoms with E-state index in [0.29, 0.717) is 13.0 Å². The van der Waals surface area contributed by atoms with Crippen LogP contribution in [0, 0.1) is 0 Å². The van der Waals surface area contributed by atoms with Crippen molar-refractivity contribution in [3.8, 4) is 5.75 Å². The summed E-state index contributed by atoms with van der Waals surface area (Å²) >= 11 is 0. The summed E-state index contributed by atoms with van der Waals surface area (Å²) in [6.07, 6.45) is 16.2. The highest BCUT2D eigenvalue weighted by atomic mass is 31.2. The number of hydrogen-bond donors (Lipinski definition) is 2. The van der Waals surface area contributed by atoms with Gasteiger partial charge in [0.25, 0.3) is 7.82 Å². The predicted molar refractivity (Wildman–Crippen MR) is 147 cm³/mol. The van der Waals surface area contributed by atoms with Crippen molar-refractivity contribution in [3.05, 3.63) is 30.3 Å². The van der Waals surface area contributed by atoms with Crippen molar-refractivity contribution in [1.82, 2.24) is 0 Å². The number of ether oxygens (including phenoxy) is 1. The Bertz CT molecular complexity index is 653. The third kappa shape index (κ3) is 24.7. The molecule has 212 valence electrons. The molecule has 0 heterocycles. The second-order valence-corrected chi connectivity index (χ2v) is 11.5. The minimum atomic E-state index is -4.45. The summed E-state index contributed by atoms with van der Waals surface area (Å²) < 4.78 is 20.4. The van der Waals surface area contributed by atoms with Crippen LogP contribution in [0.15, 0.2) is 30.3 Å². The summed E-state index contributed by atoms with van der Waals surface area (Å²) in [6, 6.07) is 9.73. The van der Waals surface area contributed by atoms with Crippen LogP contribution in [-0.4, -0.2) is 61.0 Å². The molecule has 0 spiro atoms. The lowest BCUT2D eigenvalue weighted by Gasteiger charge is -2.31. The topological polar surface area (TPSA) is 99.0 Å². The first-order valence-corrected chi connectivity index (χ1v) is 15.5. The molecule has 0 aliphatic rings. The van der Waals surface area contributed by atoms with Gasteiger partial charge in [0.2, 0.25) is 0 Å². The molecular formula is C28H54NO6P. The Morgan fingerprint density at radius 1 is 0.861 bits per heavy atom. The van der Waals surface area contributed by atoms with Gasteiger partial charge in [-0.05, 0) is 31.4 Å². The maximum absolute atomic E-state index is 10.3. The van der Waals surface area contributed by atoms with E-state index < -0.39 is 13.9 Å². The monoisotopic (exact) mass is 531 g/mol. The van der Waals surface area contributed by atoms with E-state index in [1.54, 1.807) is 0 Å². The van der Waals surface area contributed by atoms with Crippen LogP contribution in [0.1, 0.15) is 97.3 Å². The third-order valence-corrected chi connectivity index (χ3v) is 6.52. The summed E-state index contributed by atoms with van der Waals surface area (Å²) in [7, 11) is -0.0247. The van der Waals surface area contributed by atoms with E-state index in [-0.39, 0.29) is 6.61 Å². The van der Waals surface area contributed by atoms with Gasteiger partial charge in [-0.25, -0.2) is 0 Å². The third-order valence-electron chi connectivity index (χ3n) is 6.01. The Morgan fingerprint density at radius 2 is 1.36 bits per heavy atom. The van der Waals surface area contributed by atoms with Crippen molar-refractivity contribution in [2.24, 2.45) is 0 Å². The van der Waals surface area contributed by atoms with Gasteiger partial charge in [0.05, 0.1) is 27.2 Å². The maximum Gasteiger partial charge on any atom is 0.265 e. The fourth-order valence-corrected chi connectivity index (χ4v) is 4.31. The molecule has 36 heavy (non-hydrogen) atoms. The van der Waals surface area contributed by atoms with E-state index in [1.807, 2.05) is 37.3 Å². The molecule has 7 nitrogen and oxygen atoms in total. The van der Waals surface area contributed by atoms with Crippen molar-refractivity contribution >= 4 is 7.82 Å². The molecule has 1 aromatic rings. The molecule has 2 atom stereocenters. The minimum Gasteiger partial charge on any atom is -0.756 e. The molecular weight excluding hydrogens is 477 g/mol. The van der Waals surface area contributed by atoms with Gasteiger partial charge in [-0.15, -0.1) is 0 Å². The number of hydrogen-bond acceptors (Lipinski definition) is 5. The molecule has 1 aromatic carbocycles. The van der Waals surface area contributed by atoms with E-state index in [4.69, 9.17) is 9.63 Å². The van der Waals surface area contributed by atoms with Crippen LogP contribution in [0.2, 0.25) is 0 Å². The zero-order valence-electron chi connectivity index (χ0n) is 23.4. The lowest BCUT2D eigenvalue weighted by molar-refractivity contribution is -0.893. The molecule has 1 rings (SSSR count). The van der Waals surface area contributed by atoms with Crippen LogP contribution in [0.3, 0.4) is 0 Å². The van der Waals surface area contributed by atoms with Crippen LogP contribution in [0.5, 0.6) is 5.75 Å². The fraction of sp³-hybridized carbons (Fsp3) is 0.786. The van der Waals surface area contributed by atoms with E-state index in [0.717, 1.165) is 29.7 Å². The van der Waals surface area contributed by atoms with Crippen LogP contribution in [0.4, 0.5) is 0 Å². The number of benzene rings is 1. The highest BCUT2D eigenvalue weighted by Crippen LogP contribution is 2.30. The first kappa shape index (κ1) is 35.0. The van der Waals surface area contributed by atoms with Gasteiger partial charge in [0, 0.05) is 0 Å². The quantitative estimate of drug-likeness (QED) is 0.113. The van der Waals surface area contributed by atoms with E-state index in [2.05, 4.69) is 25.5 Å². The standard InChI is InChI=1S/C24H44NO2.C4H11O4P/c1-4-5-6-7-8-9-10-11-12-13-17-20-25(2,3)21-23(26)22-27-24-18-15-14-16-19-24;1-2-3-4-8-9(5,6)7/h14-16,18-19,23,26H,4-13,17,20-22H2,1-3H3;2-4H2,1H3,(H2,5,6,7)/q+1;/p-1. The molecule has 0 saturated heterocycles. The van der Waals surface area contributed by atoms with Crippen LogP contribution < -0.4 is 9.63 Å². The summed E-state index contributed by atoms with van der Waals surface area (Å²) in [5, 5.41) is 10.3. The molecule has 0 bridgehead atoms. The Hall–Kier alpha value is -0.950. The first-order chi connectivity index (χ1) is 17.1. The van der Waals surface area contributed by atoms with Crippen LogP contribution in [-0.2, 0) is 9.09 Å². The first-order valence-electron chi connectivity index (χ1n) is 14.0. The largest absolute Gasteiger partial charge is 0.756 e. The zero-order chi connectivity index (χ0) is 27.1. The lowest BCUT2D eigenvalue weighted by atomic mass is 10.1. The number of aliphatic hydroxyl groups is 1. The number of rotatable bonds is 21. The Labute approximate surface area is 221 Å². The predicted octanol–water partition coefficient (Wildman–Crippen LogP) is 6.08. The number of quaternary nitrogens is 1. The Kier molecular flexibility index (Phi) is 21.5. The second kappa shape index (κ2) is 22.1. The summed E-state index contributed by atoms with van der Waals surface area (Å²) in [6.45, 7) is 6.48. The average molecular weight is 532 g/mol. The van der Waals surface area contributed by atoms with Crippen LogP contribution in [0.25, 0.3) is 0 Å². The van der Waals surface area contributed by atoms with E-state index in [9.17, 15) is 14.6 Å². The number of aliphatic hydroxyl groups excluding tert-OH is 1. The van der Waals surface area contributed by atoms with Crippen molar-refractivity contribution in [2.45, 2.75) is 103 Å². The number of unbranched alkanes of at least 4 members (excludes halogenated alkanes) is 11. The minimum absolute atomic E-state index is 0.0772. The van der Waals surface area contributed by atoms with Gasteiger partial charge in [-0.1, -0.05) is 96.3 Å². The molecule has 0 radical (unpaired) electrons. The molecule has 0 saturated carbocycles. The Balaban J connectivity index is 0.00000115. The second-order valence-electron chi connectivity index (χ2n) is 10.3. The number of phosphoric ester groups is 1. The van der Waals surface area contributed by atoms with Crippen LogP contribution >= 0.6 is 7.82 Å². The Morgan fingerprint density at radius 3 is 1.86 bits per heavy atom. The van der Waals surface area contributed by atoms with E-state index in [1.165, 1.54) is 70.6 Å². The van der Waals surface area contributed by atoms with E-state index >= 15 is 0 Å². The highest BCUT2D eigenvalue weighted by Gasteiger charge is 2.20. The number of likely N-dealkylation sites (N-methyl/N-ethyl adjacent to an activating group) is 1. The summed E-state index contributed by atoms with van der Waals surface area (Å²) in [5.74, 6) is 0.826. The van der Waals surface area contributed by atoms with Crippen molar-refractivity contribution < 1.29 is 33.2 Å². The van der Waals surface area contributed by atoms with Crippen molar-refractivity contribution in [3.63, 3.8) is 0 Å².